The van der Waals surface area contributed by atoms with E-state index in [0.717, 1.165) is 161 Å². The molecule has 0 N–H and O–H groups in total. The largest absolute Gasteiger partial charge is 0.309 e. The smallest absolute Gasteiger partial charge is 0.164 e. The lowest BCUT2D eigenvalue weighted by Crippen LogP contribution is -2.02. The van der Waals surface area contributed by atoms with Gasteiger partial charge in [-0.25, -0.2) is 15.0 Å². The molecule has 0 spiro atoms. The van der Waals surface area contributed by atoms with Gasteiger partial charge in [0.05, 0.1) is 66.2 Å². The standard InChI is InChI=1S/C129H81N9/c1-7-27-82(28-8-1)86-51-64-101(83-29-9-2-10-30-83)114(81-86)129-131-127(84-47-60-99(61-48-84)137-123-69-56-91(87-52-65-119-106(73-87)102-39-19-23-43-115(102)133(119)95-31-11-3-12-32-95)77-110(123)111-78-92(57-70-124(111)137)88-53-66-120-107(74-88)103-40-20-24-44-116(103)134(120)96-33-13-4-14-34-96)130-128(132-129)85-49-62-100(63-50-85)138-125-71-58-93(89-54-67-121-108(75-89)104-41-21-25-45-117(104)135(121)97-35-15-5-16-36-97)79-112(125)113-80-94(59-72-126(113)138)90-55-68-122-109(76-90)105-42-22-26-46-118(105)136(122)98-37-17-6-18-38-98/h1-81H. The predicted molar refractivity (Wildman–Crippen MR) is 575 cm³/mol. The highest BCUT2D eigenvalue weighted by Gasteiger charge is 2.26. The van der Waals surface area contributed by atoms with Gasteiger partial charge in [-0.2, -0.15) is 0 Å². The van der Waals surface area contributed by atoms with E-state index in [2.05, 4.69) is 519 Å². The van der Waals surface area contributed by atoms with Crippen LogP contribution in [-0.4, -0.2) is 42.4 Å². The van der Waals surface area contributed by atoms with Crippen LogP contribution in [0.5, 0.6) is 0 Å². The fourth-order valence-corrected chi connectivity index (χ4v) is 22.0. The van der Waals surface area contributed by atoms with E-state index in [9.17, 15) is 0 Å². The van der Waals surface area contributed by atoms with Crippen molar-refractivity contribution in [2.24, 2.45) is 0 Å². The summed E-state index contributed by atoms with van der Waals surface area (Å²) in [5.74, 6) is 1.66. The van der Waals surface area contributed by atoms with Crippen LogP contribution in [0.4, 0.5) is 0 Å². The van der Waals surface area contributed by atoms with Crippen molar-refractivity contribution >= 4 is 131 Å². The first kappa shape index (κ1) is 78.1. The van der Waals surface area contributed by atoms with Gasteiger partial charge < -0.3 is 27.4 Å². The van der Waals surface area contributed by atoms with Crippen molar-refractivity contribution in [1.82, 2.24) is 42.4 Å². The van der Waals surface area contributed by atoms with E-state index in [1.807, 2.05) is 0 Å². The Hall–Kier alpha value is -18.6. The number of hydrogen-bond donors (Lipinski definition) is 0. The van der Waals surface area contributed by atoms with Gasteiger partial charge in [0.25, 0.3) is 0 Å². The van der Waals surface area contributed by atoms with Gasteiger partial charge in [-0.05, 0) is 291 Å². The number of fused-ring (bicyclic) bond motifs is 18. The maximum Gasteiger partial charge on any atom is 0.164 e. The lowest BCUT2D eigenvalue weighted by atomic mass is 9.94. The highest BCUT2D eigenvalue weighted by molar-refractivity contribution is 6.18. The van der Waals surface area contributed by atoms with Gasteiger partial charge >= 0.3 is 0 Å². The Morgan fingerprint density at radius 2 is 0.297 bits per heavy atom. The molecular weight excluding hydrogens is 1680 g/mol. The number of rotatable bonds is 15. The first-order chi connectivity index (χ1) is 68.4. The average molecular weight is 1760 g/mol. The normalized spacial score (nSPS) is 11.9. The van der Waals surface area contributed by atoms with Crippen LogP contribution in [0.3, 0.4) is 0 Å². The summed E-state index contributed by atoms with van der Waals surface area (Å²) in [4.78, 5) is 16.8. The molecule has 0 amide bonds. The van der Waals surface area contributed by atoms with Crippen LogP contribution in [0.1, 0.15) is 0 Å². The minimum Gasteiger partial charge on any atom is -0.309 e. The highest BCUT2D eigenvalue weighted by Crippen LogP contribution is 2.47. The first-order valence-electron chi connectivity index (χ1n) is 47.2. The molecule has 21 aromatic carbocycles. The number of hydrogen-bond acceptors (Lipinski definition) is 3. The van der Waals surface area contributed by atoms with Gasteiger partial charge in [0.2, 0.25) is 0 Å². The van der Waals surface area contributed by atoms with Gasteiger partial charge in [-0.1, -0.05) is 267 Å². The molecule has 9 heteroatoms. The van der Waals surface area contributed by atoms with E-state index in [-0.39, 0.29) is 0 Å². The third-order valence-corrected chi connectivity index (χ3v) is 28.5. The second-order valence-corrected chi connectivity index (χ2v) is 36.2. The molecule has 0 radical (unpaired) electrons. The van der Waals surface area contributed by atoms with Crippen molar-refractivity contribution in [3.8, 4) is 135 Å². The fraction of sp³-hybridized carbons (Fsp3) is 0. The summed E-state index contributed by atoms with van der Waals surface area (Å²) in [6.45, 7) is 0. The molecule has 28 rings (SSSR count). The summed E-state index contributed by atoms with van der Waals surface area (Å²) in [6, 6.07) is 180. The second kappa shape index (κ2) is 31.6. The maximum absolute atomic E-state index is 5.62. The summed E-state index contributed by atoms with van der Waals surface area (Å²) < 4.78 is 14.4. The van der Waals surface area contributed by atoms with Crippen molar-refractivity contribution in [3.05, 3.63) is 491 Å². The zero-order chi connectivity index (χ0) is 90.6. The SMILES string of the molecule is c1ccc(-c2ccc(-c3ccccc3)c(-c3nc(-c4ccc(-n5c6ccc(-c7ccc8c(c7)c7ccccc7n8-c7ccccc7)cc6c6cc(-c7ccc8c(c7)c7ccccc7n8-c7ccccc7)ccc65)cc4)nc(-c4ccc(-n5c6ccc(-c7ccc8c(c7)c7ccccc7n8-c7ccccc7)cc6c6cc(-c7ccc8c(c7)c7ccccc7n8-c7ccccc7)ccc65)cc4)n3)c2)cc1. The Kier molecular flexibility index (Phi) is 17.9. The van der Waals surface area contributed by atoms with Gasteiger partial charge in [-0.15, -0.1) is 0 Å². The zero-order valence-corrected chi connectivity index (χ0v) is 74.8. The lowest BCUT2D eigenvalue weighted by Gasteiger charge is -2.15. The van der Waals surface area contributed by atoms with Crippen LogP contribution in [0.15, 0.2) is 491 Å². The van der Waals surface area contributed by atoms with E-state index in [4.69, 9.17) is 15.0 Å². The Labute approximate surface area is 794 Å². The molecule has 9 nitrogen and oxygen atoms in total. The fourth-order valence-electron chi connectivity index (χ4n) is 22.0. The molecule has 0 bridgehead atoms. The topological polar surface area (TPSA) is 68.2 Å². The molecule has 0 aliphatic carbocycles. The Morgan fingerprint density at radius 1 is 0.109 bits per heavy atom. The van der Waals surface area contributed by atoms with Gasteiger partial charge in [0.1, 0.15) is 0 Å². The molecule has 7 aromatic heterocycles. The second-order valence-electron chi connectivity index (χ2n) is 36.2. The quantitative estimate of drug-likeness (QED) is 0.103. The maximum atomic E-state index is 5.62. The van der Waals surface area contributed by atoms with Crippen LogP contribution in [-0.2, 0) is 0 Å². The summed E-state index contributed by atoms with van der Waals surface area (Å²) in [5, 5.41) is 14.3. The molecule has 642 valence electrons. The van der Waals surface area contributed by atoms with Gasteiger partial charge in [0, 0.05) is 115 Å². The highest BCUT2D eigenvalue weighted by atomic mass is 15.1. The molecule has 0 saturated heterocycles. The molecule has 0 atom stereocenters. The Balaban J connectivity index is 0.593. The Bertz CT molecular complexity index is 8860. The van der Waals surface area contributed by atoms with Crippen LogP contribution in [0.2, 0.25) is 0 Å². The Morgan fingerprint density at radius 3 is 0.565 bits per heavy atom. The summed E-state index contributed by atoms with van der Waals surface area (Å²) in [5.41, 5.74) is 36.2. The molecule has 0 aliphatic heterocycles. The van der Waals surface area contributed by atoms with Crippen LogP contribution in [0, 0.1) is 0 Å². The van der Waals surface area contributed by atoms with Crippen LogP contribution >= 0.6 is 0 Å². The van der Waals surface area contributed by atoms with Crippen molar-refractivity contribution in [3.63, 3.8) is 0 Å². The van der Waals surface area contributed by atoms with Crippen molar-refractivity contribution < 1.29 is 0 Å². The zero-order valence-electron chi connectivity index (χ0n) is 74.8. The molecule has 138 heavy (non-hydrogen) atoms. The minimum absolute atomic E-state index is 0.551. The van der Waals surface area contributed by atoms with E-state index in [1.165, 1.54) is 87.2 Å². The number of aromatic nitrogens is 9. The molecular formula is C129H81N9. The molecule has 0 saturated carbocycles. The van der Waals surface area contributed by atoms with Gasteiger partial charge in [-0.3, -0.25) is 0 Å². The van der Waals surface area contributed by atoms with Crippen molar-refractivity contribution in [1.29, 1.82) is 0 Å². The summed E-state index contributed by atoms with van der Waals surface area (Å²) in [6.07, 6.45) is 0. The van der Waals surface area contributed by atoms with Crippen LogP contribution < -0.4 is 0 Å². The third kappa shape index (κ3) is 12.7. The minimum atomic E-state index is 0.551. The van der Waals surface area contributed by atoms with Crippen LogP contribution in [0.25, 0.3) is 266 Å². The lowest BCUT2D eigenvalue weighted by molar-refractivity contribution is 1.07. The van der Waals surface area contributed by atoms with Crippen molar-refractivity contribution in [2.45, 2.75) is 0 Å². The summed E-state index contributed by atoms with van der Waals surface area (Å²) in [7, 11) is 0. The third-order valence-electron chi connectivity index (χ3n) is 28.5. The molecule has 0 unspecified atom stereocenters. The molecule has 0 fully saturated rings. The number of benzene rings is 21. The predicted octanol–water partition coefficient (Wildman–Crippen LogP) is 33.5. The van der Waals surface area contributed by atoms with Gasteiger partial charge in [0.15, 0.2) is 17.5 Å². The molecule has 28 aromatic rings. The number of para-hydroxylation sites is 8. The van der Waals surface area contributed by atoms with Crippen molar-refractivity contribution in [2.75, 3.05) is 0 Å². The average Bonchev–Trinajstić information content (AvgIpc) is 1.59. The first-order valence-corrected chi connectivity index (χ1v) is 47.2. The van der Waals surface area contributed by atoms with E-state index in [0.29, 0.717) is 17.5 Å². The van der Waals surface area contributed by atoms with E-state index in [1.54, 1.807) is 0 Å². The summed E-state index contributed by atoms with van der Waals surface area (Å²) >= 11 is 0. The molecule has 0 aliphatic rings. The van der Waals surface area contributed by atoms with E-state index < -0.39 is 0 Å². The number of nitrogens with zero attached hydrogens (tertiary/aromatic N) is 9. The monoisotopic (exact) mass is 1760 g/mol. The van der Waals surface area contributed by atoms with E-state index >= 15 is 0 Å². The molecule has 7 heterocycles.